The molecule has 2 heterocycles. The van der Waals surface area contributed by atoms with Gasteiger partial charge in [-0.05, 0) is 86.8 Å². The van der Waals surface area contributed by atoms with Crippen LogP contribution in [0.25, 0.3) is 11.1 Å². The van der Waals surface area contributed by atoms with E-state index in [9.17, 15) is 28.8 Å². The fourth-order valence-electron chi connectivity index (χ4n) is 8.09. The highest BCUT2D eigenvalue weighted by Gasteiger charge is 2.37. The summed E-state index contributed by atoms with van der Waals surface area (Å²) < 4.78 is 11.2. The van der Waals surface area contributed by atoms with Gasteiger partial charge in [-0.1, -0.05) is 48.5 Å². The van der Waals surface area contributed by atoms with Crippen molar-refractivity contribution < 1.29 is 38.2 Å². The zero-order valence-electron chi connectivity index (χ0n) is 35.2. The standard InChI is InChI=1S/C44H55N9O8/c1-44(2,3)61-38(55)21-29(23-48-51-42(58)47-22-27-16-18-28(19-17-27)40(56)45-4)49-37(54)25-53-36-15-10-20-46-39(36)52(5)24-35(41(53)57)50-43(59)60-26-34-32-13-8-6-11-30(32)31-12-7-9-14-33(31)34/h6-15,20,23,27-29,34-35H,16-19,21-22,24-26H2,1-5H3,(H,45,56)(H,49,54)(H,50,59)(H2,47,51,58)/b48-23+/t27?,28?,29-,35?/m0/s1. The second-order valence-corrected chi connectivity index (χ2v) is 16.6. The first-order chi connectivity index (χ1) is 29.2. The van der Waals surface area contributed by atoms with Crippen LogP contribution in [-0.4, -0.2) is 105 Å². The third-order valence-electron chi connectivity index (χ3n) is 11.0. The van der Waals surface area contributed by atoms with Gasteiger partial charge in [0, 0.05) is 51.4 Å². The number of ether oxygens (including phenoxy) is 2. The van der Waals surface area contributed by atoms with Gasteiger partial charge in [0.15, 0.2) is 5.82 Å². The maximum atomic E-state index is 14.3. The van der Waals surface area contributed by atoms with Gasteiger partial charge in [-0.3, -0.25) is 24.1 Å². The van der Waals surface area contributed by atoms with E-state index in [1.807, 2.05) is 48.5 Å². The van der Waals surface area contributed by atoms with E-state index in [1.165, 1.54) is 11.1 Å². The van der Waals surface area contributed by atoms with Crippen molar-refractivity contribution in [3.8, 4) is 11.1 Å². The van der Waals surface area contributed by atoms with E-state index in [-0.39, 0.29) is 43.2 Å². The largest absolute Gasteiger partial charge is 0.460 e. The van der Waals surface area contributed by atoms with Gasteiger partial charge in [-0.2, -0.15) is 5.10 Å². The van der Waals surface area contributed by atoms with Crippen molar-refractivity contribution in [2.45, 2.75) is 76.5 Å². The van der Waals surface area contributed by atoms with Gasteiger partial charge >= 0.3 is 18.1 Å². The summed E-state index contributed by atoms with van der Waals surface area (Å²) in [5.41, 5.74) is 6.16. The molecule has 1 saturated carbocycles. The second kappa shape index (κ2) is 19.7. The van der Waals surface area contributed by atoms with E-state index in [1.54, 1.807) is 58.1 Å². The van der Waals surface area contributed by atoms with Crippen LogP contribution in [0.2, 0.25) is 0 Å². The van der Waals surface area contributed by atoms with Gasteiger partial charge in [-0.25, -0.2) is 20.0 Å². The average molecular weight is 838 g/mol. The Kier molecular flexibility index (Phi) is 14.2. The number of fused-ring (bicyclic) bond motifs is 4. The van der Waals surface area contributed by atoms with Gasteiger partial charge in [0.25, 0.3) is 5.91 Å². The summed E-state index contributed by atoms with van der Waals surface area (Å²) in [7, 11) is 3.35. The average Bonchev–Trinajstić information content (AvgIpc) is 3.51. The lowest BCUT2D eigenvalue weighted by atomic mass is 9.81. The number of esters is 1. The molecule has 3 aliphatic rings. The number of aromatic nitrogens is 1. The number of nitrogens with one attached hydrogen (secondary N) is 5. The monoisotopic (exact) mass is 837 g/mol. The van der Waals surface area contributed by atoms with E-state index in [0.717, 1.165) is 47.9 Å². The molecule has 1 unspecified atom stereocenters. The highest BCUT2D eigenvalue weighted by Crippen LogP contribution is 2.44. The number of carbonyl (C=O) groups excluding carboxylic acids is 6. The highest BCUT2D eigenvalue weighted by atomic mass is 16.6. The van der Waals surface area contributed by atoms with Crippen molar-refractivity contribution in [3.63, 3.8) is 0 Å². The predicted molar refractivity (Wildman–Crippen MR) is 229 cm³/mol. The van der Waals surface area contributed by atoms with Gasteiger partial charge < -0.3 is 35.6 Å². The molecule has 1 fully saturated rings. The summed E-state index contributed by atoms with van der Waals surface area (Å²) in [5.74, 6) is -1.43. The third kappa shape index (κ3) is 11.4. The van der Waals surface area contributed by atoms with Crippen LogP contribution in [0, 0.1) is 11.8 Å². The van der Waals surface area contributed by atoms with Gasteiger partial charge in [-0.15, -0.1) is 0 Å². The number of urea groups is 1. The summed E-state index contributed by atoms with van der Waals surface area (Å²) in [4.78, 5) is 86.4. The van der Waals surface area contributed by atoms with Crippen molar-refractivity contribution in [2.75, 3.05) is 50.1 Å². The van der Waals surface area contributed by atoms with E-state index in [0.29, 0.717) is 18.1 Å². The number of hydrogen-bond acceptors (Lipinski definition) is 11. The van der Waals surface area contributed by atoms with E-state index < -0.39 is 54.1 Å². The Labute approximate surface area is 355 Å². The Balaban J connectivity index is 1.09. The molecular weight excluding hydrogens is 783 g/mol. The molecule has 0 saturated heterocycles. The number of anilines is 2. The molecule has 0 radical (unpaired) electrons. The number of pyridine rings is 1. The molecule has 17 heteroatoms. The quantitative estimate of drug-likeness (QED) is 0.0954. The molecule has 6 amide bonds. The number of benzene rings is 2. The van der Waals surface area contributed by atoms with Crippen LogP contribution < -0.4 is 36.5 Å². The van der Waals surface area contributed by atoms with Crippen LogP contribution >= 0.6 is 0 Å². The summed E-state index contributed by atoms with van der Waals surface area (Å²) in [6, 6.07) is 16.5. The van der Waals surface area contributed by atoms with E-state index in [4.69, 9.17) is 9.47 Å². The van der Waals surface area contributed by atoms with Crippen molar-refractivity contribution in [1.82, 2.24) is 31.7 Å². The van der Waals surface area contributed by atoms with Gasteiger partial charge in [0.2, 0.25) is 11.8 Å². The van der Waals surface area contributed by atoms with Crippen LogP contribution in [0.3, 0.4) is 0 Å². The Hall–Kier alpha value is -6.52. The molecule has 6 rings (SSSR count). The Morgan fingerprint density at radius 2 is 1.62 bits per heavy atom. The first-order valence-corrected chi connectivity index (χ1v) is 20.6. The SMILES string of the molecule is CNC(=O)C1CCC(CNC(=O)N/N=C/[C@H](CC(=O)OC(C)(C)C)NC(=O)CN2C(=O)C(NC(=O)OCC3c4ccccc4-c4ccccc43)CN(C)c3ncccc32)CC1. The molecule has 2 aromatic carbocycles. The molecule has 1 aromatic heterocycles. The zero-order chi connectivity index (χ0) is 43.7. The van der Waals surface area contributed by atoms with Crippen LogP contribution in [-0.2, 0) is 28.7 Å². The number of likely N-dealkylation sites (N-methyl/N-ethyl adjacent to an activating group) is 1. The third-order valence-corrected chi connectivity index (χ3v) is 11.0. The first-order valence-electron chi connectivity index (χ1n) is 20.6. The second-order valence-electron chi connectivity index (χ2n) is 16.6. The van der Waals surface area contributed by atoms with Crippen molar-refractivity contribution in [3.05, 3.63) is 78.0 Å². The van der Waals surface area contributed by atoms with E-state index in [2.05, 4.69) is 36.8 Å². The smallest absolute Gasteiger partial charge is 0.407 e. The fraction of sp³-hybridized carbons (Fsp3) is 0.455. The molecule has 324 valence electrons. The Bertz CT molecular complexity index is 2090. The molecule has 0 spiro atoms. The first kappa shape index (κ1) is 44.0. The Morgan fingerprint density at radius 3 is 2.28 bits per heavy atom. The molecule has 0 bridgehead atoms. The zero-order valence-corrected chi connectivity index (χ0v) is 35.2. The maximum absolute atomic E-state index is 14.3. The van der Waals surface area contributed by atoms with Crippen LogP contribution in [0.15, 0.2) is 72.0 Å². The fourth-order valence-corrected chi connectivity index (χ4v) is 8.09. The van der Waals surface area contributed by atoms with Crippen LogP contribution in [0.1, 0.15) is 69.9 Å². The molecule has 2 aliphatic carbocycles. The number of hydrazone groups is 1. The molecular formula is C44H55N9O8. The molecule has 2 atom stereocenters. The maximum Gasteiger partial charge on any atom is 0.407 e. The van der Waals surface area contributed by atoms with Crippen molar-refractivity contribution in [1.29, 1.82) is 0 Å². The number of nitrogens with zero attached hydrogens (tertiary/aromatic N) is 4. The predicted octanol–water partition coefficient (Wildman–Crippen LogP) is 3.83. The normalized spacial score (nSPS) is 19.1. The topological polar surface area (TPSA) is 213 Å². The number of carbonyl (C=O) groups is 6. The molecule has 5 N–H and O–H groups in total. The number of rotatable bonds is 13. The number of amides is 6. The lowest BCUT2D eigenvalue weighted by molar-refractivity contribution is -0.155. The van der Waals surface area contributed by atoms with E-state index >= 15 is 0 Å². The number of hydrogen-bond donors (Lipinski definition) is 5. The minimum absolute atomic E-state index is 0.0191. The molecule has 17 nitrogen and oxygen atoms in total. The highest BCUT2D eigenvalue weighted by molar-refractivity contribution is 6.06. The van der Waals surface area contributed by atoms with Crippen molar-refractivity contribution in [2.24, 2.45) is 16.9 Å². The lowest BCUT2D eigenvalue weighted by Gasteiger charge is -2.27. The van der Waals surface area contributed by atoms with Gasteiger partial charge in [0.1, 0.15) is 24.8 Å². The summed E-state index contributed by atoms with van der Waals surface area (Å²) in [5, 5.41) is 14.9. The molecule has 1 aliphatic heterocycles. The molecule has 3 aromatic rings. The van der Waals surface area contributed by atoms with Crippen LogP contribution in [0.5, 0.6) is 0 Å². The summed E-state index contributed by atoms with van der Waals surface area (Å²) >= 11 is 0. The molecule has 61 heavy (non-hydrogen) atoms. The number of alkyl carbamates (subject to hydrolysis) is 1. The lowest BCUT2D eigenvalue weighted by Crippen LogP contribution is -2.54. The minimum atomic E-state index is -1.13. The summed E-state index contributed by atoms with van der Waals surface area (Å²) in [6.07, 6.45) is 4.74. The van der Waals surface area contributed by atoms with Crippen LogP contribution in [0.4, 0.5) is 21.1 Å². The minimum Gasteiger partial charge on any atom is -0.460 e. The van der Waals surface area contributed by atoms with Crippen molar-refractivity contribution >= 4 is 53.5 Å². The summed E-state index contributed by atoms with van der Waals surface area (Å²) in [6.45, 7) is 5.10. The Morgan fingerprint density at radius 1 is 0.951 bits per heavy atom. The van der Waals surface area contributed by atoms with Gasteiger partial charge in [0.05, 0.1) is 18.2 Å².